The number of hydrogen-bond acceptors (Lipinski definition) is 3. The van der Waals surface area contributed by atoms with E-state index in [1.165, 1.54) is 29.3 Å². The van der Waals surface area contributed by atoms with Gasteiger partial charge in [-0.1, -0.05) is 24.3 Å². The zero-order chi connectivity index (χ0) is 19.0. The number of carbonyl (C=O) groups is 1. The van der Waals surface area contributed by atoms with Crippen molar-refractivity contribution in [2.24, 2.45) is 11.3 Å². The van der Waals surface area contributed by atoms with Crippen molar-refractivity contribution in [1.82, 2.24) is 4.98 Å². The third kappa shape index (κ3) is 1.84. The van der Waals surface area contributed by atoms with Crippen LogP contribution >= 0.6 is 0 Å². The minimum Gasteiger partial charge on any atom is -0.468 e. The van der Waals surface area contributed by atoms with Crippen LogP contribution in [0.1, 0.15) is 30.6 Å². The van der Waals surface area contributed by atoms with Crippen LogP contribution in [0.25, 0.3) is 10.9 Å². The highest BCUT2D eigenvalue weighted by Crippen LogP contribution is 2.62. The summed E-state index contributed by atoms with van der Waals surface area (Å²) in [6.07, 6.45) is 3.80. The Morgan fingerprint density at radius 1 is 1.44 bits per heavy atom. The number of H-pyrrole nitrogens is 1. The van der Waals surface area contributed by atoms with E-state index >= 15 is 0 Å². The van der Waals surface area contributed by atoms with Crippen LogP contribution in [0.15, 0.2) is 35.9 Å². The molecule has 0 unspecified atom stereocenters. The minimum absolute atomic E-state index is 0.0223. The lowest BCUT2D eigenvalue weighted by molar-refractivity contribution is -0.981. The van der Waals surface area contributed by atoms with Crippen LogP contribution in [0.2, 0.25) is 0 Å². The zero-order valence-electron chi connectivity index (χ0n) is 16.2. The zero-order valence-corrected chi connectivity index (χ0v) is 16.2. The minimum atomic E-state index is -0.865. The Balaban J connectivity index is 1.78. The molecule has 6 rings (SSSR count). The quantitative estimate of drug-likeness (QED) is 0.487. The molecule has 5 atom stereocenters. The highest BCUT2D eigenvalue weighted by molar-refractivity contribution is 5.86. The van der Waals surface area contributed by atoms with Crippen molar-refractivity contribution in [2.75, 3.05) is 27.3 Å². The lowest BCUT2D eigenvalue weighted by Crippen LogP contribution is -2.76. The van der Waals surface area contributed by atoms with Gasteiger partial charge in [0.05, 0.1) is 26.5 Å². The van der Waals surface area contributed by atoms with Gasteiger partial charge in [0.25, 0.3) is 0 Å². The molecule has 0 radical (unpaired) electrons. The Morgan fingerprint density at radius 2 is 2.22 bits per heavy atom. The van der Waals surface area contributed by atoms with Crippen LogP contribution in [0, 0.1) is 11.3 Å². The van der Waals surface area contributed by atoms with Crippen molar-refractivity contribution in [1.29, 1.82) is 0 Å². The highest BCUT2D eigenvalue weighted by Gasteiger charge is 2.71. The number of hydrogen-bond donors (Lipinski definition) is 2. The van der Waals surface area contributed by atoms with Crippen molar-refractivity contribution >= 4 is 16.9 Å². The molecule has 1 aromatic heterocycles. The van der Waals surface area contributed by atoms with Gasteiger partial charge in [-0.2, -0.15) is 0 Å². The number of methoxy groups -OCH3 is 1. The Hall–Kier alpha value is -2.11. The summed E-state index contributed by atoms with van der Waals surface area (Å²) in [5, 5.41) is 11.8. The largest absolute Gasteiger partial charge is 0.468 e. The Morgan fingerprint density at radius 3 is 2.93 bits per heavy atom. The number of nitrogens with one attached hydrogen (secondary N) is 1. The van der Waals surface area contributed by atoms with Crippen LogP contribution in [0.3, 0.4) is 0 Å². The SMILES string of the molecule is C/C=C1/C[N@+]2(C)[C@H]3C[C@@H]1[C@@](CO)(C(=O)OC)[C@@H]2Cc1c3[nH]c2ccccc12. The maximum absolute atomic E-state index is 13.1. The molecule has 5 nitrogen and oxygen atoms in total. The molecule has 0 saturated carbocycles. The molecule has 3 fully saturated rings. The predicted molar refractivity (Wildman–Crippen MR) is 103 cm³/mol. The number of fused-ring (bicyclic) bond motifs is 4. The van der Waals surface area contributed by atoms with Gasteiger partial charge < -0.3 is 19.3 Å². The second-order valence-corrected chi connectivity index (χ2v) is 8.65. The smallest absolute Gasteiger partial charge is 0.320 e. The number of para-hydroxylation sites is 1. The Labute approximate surface area is 159 Å². The lowest BCUT2D eigenvalue weighted by atomic mass is 9.54. The first-order valence-electron chi connectivity index (χ1n) is 9.80. The van der Waals surface area contributed by atoms with Crippen molar-refractivity contribution in [3.63, 3.8) is 0 Å². The second-order valence-electron chi connectivity index (χ2n) is 8.65. The topological polar surface area (TPSA) is 62.3 Å². The average Bonchev–Trinajstić information content (AvgIpc) is 3.05. The second kappa shape index (κ2) is 5.46. The number of rotatable bonds is 2. The maximum atomic E-state index is 13.1. The maximum Gasteiger partial charge on any atom is 0.320 e. The fourth-order valence-electron chi connectivity index (χ4n) is 6.62. The van der Waals surface area contributed by atoms with E-state index < -0.39 is 5.41 Å². The number of ether oxygens (including phenoxy) is 1. The summed E-state index contributed by atoms with van der Waals surface area (Å²) in [6.45, 7) is 2.82. The number of carbonyl (C=O) groups excluding carboxylic acids is 1. The number of aliphatic hydroxyl groups is 1. The fraction of sp³-hybridized carbons (Fsp3) is 0.500. The van der Waals surface area contributed by atoms with Crippen LogP contribution < -0.4 is 0 Å². The molecule has 5 heteroatoms. The summed E-state index contributed by atoms with van der Waals surface area (Å²) in [6, 6.07) is 8.76. The van der Waals surface area contributed by atoms with Crippen LogP contribution in [0.4, 0.5) is 0 Å². The van der Waals surface area contributed by atoms with E-state index in [0.29, 0.717) is 6.04 Å². The van der Waals surface area contributed by atoms with E-state index in [-0.39, 0.29) is 24.5 Å². The number of piperidine rings is 3. The summed E-state index contributed by atoms with van der Waals surface area (Å²) in [5.74, 6) is -0.223. The summed E-state index contributed by atoms with van der Waals surface area (Å²) < 4.78 is 6.05. The van der Waals surface area contributed by atoms with Gasteiger partial charge in [-0.3, -0.25) is 4.79 Å². The molecule has 142 valence electrons. The van der Waals surface area contributed by atoms with Crippen molar-refractivity contribution in [2.45, 2.75) is 31.8 Å². The molecule has 2 N–H and O–H groups in total. The average molecular weight is 367 g/mol. The number of benzene rings is 1. The fourth-order valence-corrected chi connectivity index (χ4v) is 6.62. The Bertz CT molecular complexity index is 977. The van der Waals surface area contributed by atoms with Gasteiger partial charge in [-0.25, -0.2) is 0 Å². The summed E-state index contributed by atoms with van der Waals surface area (Å²) in [5.41, 5.74) is 4.23. The highest BCUT2D eigenvalue weighted by atomic mass is 16.5. The number of quaternary nitrogens is 1. The van der Waals surface area contributed by atoms with Gasteiger partial charge in [0.15, 0.2) is 0 Å². The lowest BCUT2D eigenvalue weighted by Gasteiger charge is -2.66. The predicted octanol–water partition coefficient (Wildman–Crippen LogP) is 2.71. The van der Waals surface area contributed by atoms with Crippen LogP contribution in [-0.2, 0) is 16.0 Å². The molecule has 4 aliphatic rings. The van der Waals surface area contributed by atoms with E-state index in [1.807, 2.05) is 6.92 Å². The Kier molecular flexibility index (Phi) is 3.44. The number of aliphatic hydroxyl groups excluding tert-OH is 1. The van der Waals surface area contributed by atoms with Gasteiger partial charge in [0, 0.05) is 29.7 Å². The third-order valence-electron chi connectivity index (χ3n) is 7.85. The molecule has 1 aromatic carbocycles. The van der Waals surface area contributed by atoms with E-state index in [4.69, 9.17) is 4.74 Å². The molecule has 4 aliphatic heterocycles. The molecule has 0 aliphatic carbocycles. The van der Waals surface area contributed by atoms with E-state index in [9.17, 15) is 9.90 Å². The molecule has 2 aromatic rings. The number of aromatic nitrogens is 1. The normalized spacial score (nSPS) is 38.2. The van der Waals surface area contributed by atoms with Crippen molar-refractivity contribution in [3.8, 4) is 0 Å². The molecule has 4 bridgehead atoms. The van der Waals surface area contributed by atoms with Crippen molar-refractivity contribution in [3.05, 3.63) is 47.2 Å². The number of allylic oxidation sites excluding steroid dienone is 1. The summed E-state index contributed by atoms with van der Waals surface area (Å²) in [4.78, 5) is 16.8. The standard InChI is InChI=1S/C22H27N2O3/c1-4-13-11-24(2)18-10-16(13)22(12-25,21(26)27-3)19(24)9-15-14-7-5-6-8-17(14)23-20(15)18/h4-8,16,18-19,23,25H,9-12H2,1-3H3/q+1/b13-4-/t16-,18-,19-,22+,24+/m0/s1. The van der Waals surface area contributed by atoms with Crippen molar-refractivity contribution < 1.29 is 19.1 Å². The van der Waals surface area contributed by atoms with E-state index in [2.05, 4.69) is 42.4 Å². The number of esters is 1. The van der Waals surface area contributed by atoms with Crippen LogP contribution in [0.5, 0.6) is 0 Å². The number of nitrogens with zero attached hydrogens (tertiary/aromatic N) is 1. The van der Waals surface area contributed by atoms with E-state index in [1.54, 1.807) is 0 Å². The molecular formula is C22H27N2O3+. The molecule has 3 saturated heterocycles. The monoisotopic (exact) mass is 367 g/mol. The first-order valence-corrected chi connectivity index (χ1v) is 9.80. The van der Waals surface area contributed by atoms with Crippen LogP contribution in [-0.4, -0.2) is 53.9 Å². The van der Waals surface area contributed by atoms with Gasteiger partial charge in [0.1, 0.15) is 24.0 Å². The summed E-state index contributed by atoms with van der Waals surface area (Å²) >= 11 is 0. The third-order valence-corrected chi connectivity index (χ3v) is 7.85. The number of likely N-dealkylation sites (N-methyl/N-ethyl adjacent to an activating group) is 1. The molecule has 0 amide bonds. The van der Waals surface area contributed by atoms with Gasteiger partial charge in [-0.05, 0) is 24.1 Å². The first-order chi connectivity index (χ1) is 13.0. The molecule has 0 spiro atoms. The molecule has 5 heterocycles. The molecule has 27 heavy (non-hydrogen) atoms. The first kappa shape index (κ1) is 17.0. The van der Waals surface area contributed by atoms with Gasteiger partial charge >= 0.3 is 5.97 Å². The van der Waals surface area contributed by atoms with Gasteiger partial charge in [0.2, 0.25) is 0 Å². The number of aromatic amines is 1. The van der Waals surface area contributed by atoms with Gasteiger partial charge in [-0.15, -0.1) is 0 Å². The molecular weight excluding hydrogens is 340 g/mol. The van der Waals surface area contributed by atoms with E-state index in [0.717, 1.165) is 29.4 Å². The summed E-state index contributed by atoms with van der Waals surface area (Å²) in [7, 11) is 3.71.